The Bertz CT molecular complexity index is 709. The van der Waals surface area contributed by atoms with Crippen molar-refractivity contribution in [2.45, 2.75) is 38.0 Å². The zero-order chi connectivity index (χ0) is 15.7. The minimum absolute atomic E-state index is 0.212. The number of halogens is 1. The number of fused-ring (bicyclic) bond motifs is 1. The molecule has 1 N–H and O–H groups in total. The molecule has 0 saturated carbocycles. The van der Waals surface area contributed by atoms with Crippen molar-refractivity contribution in [1.29, 1.82) is 0 Å². The van der Waals surface area contributed by atoms with Crippen LogP contribution in [0.4, 0.5) is 0 Å². The third-order valence-electron chi connectivity index (χ3n) is 4.44. The summed E-state index contributed by atoms with van der Waals surface area (Å²) in [6, 6.07) is 7.86. The fourth-order valence-electron chi connectivity index (χ4n) is 3.47. The Morgan fingerprint density at radius 1 is 1.41 bits per heavy atom. The number of hydrogen-bond acceptors (Lipinski definition) is 2. The van der Waals surface area contributed by atoms with Crippen molar-refractivity contribution in [3.63, 3.8) is 0 Å². The first-order chi connectivity index (χ1) is 10.6. The lowest BCUT2D eigenvalue weighted by Gasteiger charge is -2.17. The summed E-state index contributed by atoms with van der Waals surface area (Å²) in [6.07, 6.45) is 4.77. The summed E-state index contributed by atoms with van der Waals surface area (Å²) < 4.78 is 1.76. The van der Waals surface area contributed by atoms with Gasteiger partial charge in [0.25, 0.3) is 0 Å². The fraction of sp³-hybridized carbons (Fsp3) is 0.412. The summed E-state index contributed by atoms with van der Waals surface area (Å²) in [6.45, 7) is 0. The molecule has 116 valence electrons. The highest BCUT2D eigenvalue weighted by Gasteiger charge is 2.28. The van der Waals surface area contributed by atoms with Crippen molar-refractivity contribution in [3.8, 4) is 0 Å². The molecule has 0 fully saturated rings. The molecule has 3 rings (SSSR count). The van der Waals surface area contributed by atoms with Gasteiger partial charge in [-0.25, -0.2) is 4.79 Å². The van der Waals surface area contributed by atoms with Crippen molar-refractivity contribution >= 4 is 17.6 Å². The van der Waals surface area contributed by atoms with Crippen LogP contribution in [0.5, 0.6) is 0 Å². The van der Waals surface area contributed by atoms with Crippen LogP contribution in [-0.4, -0.2) is 20.9 Å². The first-order valence-corrected chi connectivity index (χ1v) is 7.98. The highest BCUT2D eigenvalue weighted by molar-refractivity contribution is 6.31. The number of aryl methyl sites for hydroxylation is 1. The topological polar surface area (TPSA) is 55.1 Å². The highest BCUT2D eigenvalue weighted by Crippen LogP contribution is 2.35. The van der Waals surface area contributed by atoms with Crippen LogP contribution in [-0.2, 0) is 19.9 Å². The number of rotatable bonds is 3. The lowest BCUT2D eigenvalue weighted by molar-refractivity contribution is 0.0688. The summed E-state index contributed by atoms with van der Waals surface area (Å²) >= 11 is 6.29. The number of carboxylic acid groups (broad SMARTS) is 1. The van der Waals surface area contributed by atoms with Crippen molar-refractivity contribution in [2.75, 3.05) is 0 Å². The van der Waals surface area contributed by atoms with E-state index in [0.29, 0.717) is 0 Å². The fourth-order valence-corrected chi connectivity index (χ4v) is 3.68. The van der Waals surface area contributed by atoms with Gasteiger partial charge in [-0.3, -0.25) is 4.68 Å². The number of carboxylic acids is 1. The Labute approximate surface area is 134 Å². The Morgan fingerprint density at radius 3 is 2.91 bits per heavy atom. The van der Waals surface area contributed by atoms with Gasteiger partial charge in [-0.1, -0.05) is 36.2 Å². The van der Waals surface area contributed by atoms with Crippen LogP contribution in [0.1, 0.15) is 52.5 Å². The van der Waals surface area contributed by atoms with Crippen LogP contribution in [0.2, 0.25) is 5.02 Å². The molecule has 0 aliphatic heterocycles. The summed E-state index contributed by atoms with van der Waals surface area (Å²) in [5.74, 6) is -0.668. The van der Waals surface area contributed by atoms with Gasteiger partial charge < -0.3 is 5.11 Å². The normalized spacial score (nSPS) is 17.8. The van der Waals surface area contributed by atoms with Gasteiger partial charge in [-0.2, -0.15) is 5.10 Å². The Hall–Kier alpha value is -1.81. The quantitative estimate of drug-likeness (QED) is 0.875. The van der Waals surface area contributed by atoms with E-state index in [9.17, 15) is 9.90 Å². The van der Waals surface area contributed by atoms with Crippen LogP contribution in [0.3, 0.4) is 0 Å². The smallest absolute Gasteiger partial charge is 0.356 e. The van der Waals surface area contributed by atoms with E-state index in [2.05, 4.69) is 5.10 Å². The van der Waals surface area contributed by atoms with Crippen LogP contribution in [0.25, 0.3) is 0 Å². The maximum atomic E-state index is 11.4. The summed E-state index contributed by atoms with van der Waals surface area (Å²) in [7, 11) is 1.84. The molecule has 1 atom stereocenters. The maximum absolute atomic E-state index is 11.4. The minimum Gasteiger partial charge on any atom is -0.476 e. The van der Waals surface area contributed by atoms with Gasteiger partial charge >= 0.3 is 5.97 Å². The largest absolute Gasteiger partial charge is 0.476 e. The molecule has 4 nitrogen and oxygen atoms in total. The number of benzene rings is 1. The van der Waals surface area contributed by atoms with E-state index >= 15 is 0 Å². The zero-order valence-corrected chi connectivity index (χ0v) is 13.3. The molecule has 5 heteroatoms. The van der Waals surface area contributed by atoms with Gasteiger partial charge in [0.2, 0.25) is 0 Å². The second kappa shape index (κ2) is 6.13. The molecule has 1 aliphatic rings. The van der Waals surface area contributed by atoms with Crippen molar-refractivity contribution in [2.24, 2.45) is 7.05 Å². The molecule has 1 aromatic heterocycles. The number of aromatic nitrogens is 2. The predicted octanol–water partition coefficient (Wildman–Crippen LogP) is 3.82. The Kier molecular flexibility index (Phi) is 4.21. The summed E-state index contributed by atoms with van der Waals surface area (Å²) in [5.41, 5.74) is 3.29. The Balaban J connectivity index is 2.01. The lowest BCUT2D eigenvalue weighted by atomic mass is 9.91. The van der Waals surface area contributed by atoms with Gasteiger partial charge in [0.1, 0.15) is 0 Å². The standard InChI is InChI=1S/C17H19ClN2O2/c1-20-16-12(10-11-6-3-5-9-14(11)18)7-2-4-8-13(16)15(19-20)17(21)22/h3,5-6,9,12H,2,4,7-8,10H2,1H3,(H,21,22). The third kappa shape index (κ3) is 2.75. The van der Waals surface area contributed by atoms with Gasteiger partial charge in [-0.05, 0) is 37.3 Å². The van der Waals surface area contributed by atoms with Gasteiger partial charge in [-0.15, -0.1) is 0 Å². The molecule has 22 heavy (non-hydrogen) atoms. The lowest BCUT2D eigenvalue weighted by Crippen LogP contribution is -2.09. The Morgan fingerprint density at radius 2 is 2.18 bits per heavy atom. The summed E-state index contributed by atoms with van der Waals surface area (Å²) in [4.78, 5) is 11.4. The average molecular weight is 319 g/mol. The number of nitrogens with zero attached hydrogens (tertiary/aromatic N) is 2. The second-order valence-electron chi connectivity index (χ2n) is 5.88. The van der Waals surface area contributed by atoms with E-state index < -0.39 is 5.97 Å². The highest BCUT2D eigenvalue weighted by atomic mass is 35.5. The zero-order valence-electron chi connectivity index (χ0n) is 12.6. The van der Waals surface area contributed by atoms with E-state index in [0.717, 1.165) is 53.9 Å². The van der Waals surface area contributed by atoms with Gasteiger partial charge in [0.15, 0.2) is 5.69 Å². The molecular formula is C17H19ClN2O2. The monoisotopic (exact) mass is 318 g/mol. The van der Waals surface area contributed by atoms with Crippen LogP contribution < -0.4 is 0 Å². The third-order valence-corrected chi connectivity index (χ3v) is 4.81. The SMILES string of the molecule is Cn1nc(C(=O)O)c2c1C(Cc1ccccc1Cl)CCCC2. The summed E-state index contributed by atoms with van der Waals surface area (Å²) in [5, 5.41) is 14.4. The first kappa shape index (κ1) is 15.1. The first-order valence-electron chi connectivity index (χ1n) is 7.60. The average Bonchev–Trinajstić information content (AvgIpc) is 2.68. The number of carbonyl (C=O) groups is 1. The predicted molar refractivity (Wildman–Crippen MR) is 85.6 cm³/mol. The van der Waals surface area contributed by atoms with Crippen molar-refractivity contribution in [3.05, 3.63) is 51.8 Å². The second-order valence-corrected chi connectivity index (χ2v) is 6.29. The van der Waals surface area contributed by atoms with Crippen molar-refractivity contribution in [1.82, 2.24) is 9.78 Å². The molecular weight excluding hydrogens is 300 g/mol. The van der Waals surface area contributed by atoms with Crippen LogP contribution >= 0.6 is 11.6 Å². The molecule has 0 saturated heterocycles. The molecule has 1 heterocycles. The molecule has 0 spiro atoms. The van der Waals surface area contributed by atoms with Gasteiger partial charge in [0.05, 0.1) is 0 Å². The molecule has 1 unspecified atom stereocenters. The van der Waals surface area contributed by atoms with E-state index in [1.54, 1.807) is 4.68 Å². The molecule has 0 amide bonds. The van der Waals surface area contributed by atoms with E-state index in [4.69, 9.17) is 11.6 Å². The van der Waals surface area contributed by atoms with Crippen LogP contribution in [0, 0.1) is 0 Å². The number of hydrogen-bond donors (Lipinski definition) is 1. The van der Waals surface area contributed by atoms with Crippen molar-refractivity contribution < 1.29 is 9.90 Å². The molecule has 0 bridgehead atoms. The minimum atomic E-state index is -0.935. The van der Waals surface area contributed by atoms with E-state index in [1.165, 1.54) is 0 Å². The van der Waals surface area contributed by atoms with E-state index in [-0.39, 0.29) is 11.6 Å². The maximum Gasteiger partial charge on any atom is 0.356 e. The molecule has 1 aliphatic carbocycles. The molecule has 0 radical (unpaired) electrons. The number of aromatic carboxylic acids is 1. The molecule has 1 aromatic carbocycles. The van der Waals surface area contributed by atoms with Gasteiger partial charge in [0, 0.05) is 29.2 Å². The van der Waals surface area contributed by atoms with Crippen LogP contribution in [0.15, 0.2) is 24.3 Å². The van der Waals surface area contributed by atoms with E-state index in [1.807, 2.05) is 31.3 Å². The molecule has 2 aromatic rings.